The van der Waals surface area contributed by atoms with Crippen LogP contribution in [-0.2, 0) is 14.3 Å². The molecule has 2 aromatic rings. The van der Waals surface area contributed by atoms with Gasteiger partial charge >= 0.3 is 11.9 Å². The number of hydrogen-bond donors (Lipinski definition) is 1. The van der Waals surface area contributed by atoms with Crippen LogP contribution in [0.5, 0.6) is 5.75 Å². The minimum atomic E-state index is -0.981. The van der Waals surface area contributed by atoms with Crippen molar-refractivity contribution in [3.63, 3.8) is 0 Å². The zero-order valence-electron chi connectivity index (χ0n) is 19.8. The Bertz CT molecular complexity index is 871. The fraction of sp³-hybridized carbons (Fsp3) is 0.357. The van der Waals surface area contributed by atoms with Crippen molar-refractivity contribution in [1.82, 2.24) is 0 Å². The zero-order valence-corrected chi connectivity index (χ0v) is 19.8. The van der Waals surface area contributed by atoms with Crippen molar-refractivity contribution in [2.75, 3.05) is 13.2 Å². The molecule has 0 saturated heterocycles. The van der Waals surface area contributed by atoms with E-state index in [4.69, 9.17) is 14.6 Å². The summed E-state index contributed by atoms with van der Waals surface area (Å²) in [4.78, 5) is 21.3. The van der Waals surface area contributed by atoms with Crippen LogP contribution in [-0.4, -0.2) is 30.3 Å². The van der Waals surface area contributed by atoms with Gasteiger partial charge in [0.1, 0.15) is 5.75 Å². The first kappa shape index (κ1) is 27.7. The Kier molecular flexibility index (Phi) is 13.7. The third-order valence-electron chi connectivity index (χ3n) is 4.76. The summed E-state index contributed by atoms with van der Waals surface area (Å²) < 4.78 is 11.2. The topological polar surface area (TPSA) is 72.8 Å². The first-order valence-electron chi connectivity index (χ1n) is 11.3. The molecule has 0 aromatic heterocycles. The summed E-state index contributed by atoms with van der Waals surface area (Å²) in [6.45, 7) is 12.1. The number of aliphatic carboxylic acids is 1. The molecular formula is C28H36O5. The number of hydrogen-bond acceptors (Lipinski definition) is 4. The Morgan fingerprint density at radius 1 is 0.970 bits per heavy atom. The van der Waals surface area contributed by atoms with Crippen molar-refractivity contribution < 1.29 is 24.2 Å². The molecule has 5 heteroatoms. The molecule has 0 aliphatic carbocycles. The first-order valence-corrected chi connectivity index (χ1v) is 11.3. The molecular weight excluding hydrogens is 416 g/mol. The van der Waals surface area contributed by atoms with E-state index >= 15 is 0 Å². The molecule has 0 bridgehead atoms. The fourth-order valence-electron chi connectivity index (χ4n) is 2.93. The van der Waals surface area contributed by atoms with Gasteiger partial charge in [-0.05, 0) is 24.0 Å². The summed E-state index contributed by atoms with van der Waals surface area (Å²) in [7, 11) is 0. The third-order valence-corrected chi connectivity index (χ3v) is 4.76. The van der Waals surface area contributed by atoms with E-state index in [0.717, 1.165) is 41.7 Å². The molecule has 5 nitrogen and oxygen atoms in total. The minimum Gasteiger partial charge on any atom is -0.493 e. The predicted molar refractivity (Wildman–Crippen MR) is 133 cm³/mol. The average molecular weight is 453 g/mol. The van der Waals surface area contributed by atoms with Gasteiger partial charge in [0, 0.05) is 23.6 Å². The van der Waals surface area contributed by atoms with E-state index < -0.39 is 5.97 Å². The van der Waals surface area contributed by atoms with Gasteiger partial charge in [-0.2, -0.15) is 0 Å². The lowest BCUT2D eigenvalue weighted by Gasteiger charge is -2.12. The number of rotatable bonds is 13. The van der Waals surface area contributed by atoms with Gasteiger partial charge in [-0.15, -0.1) is 0 Å². The van der Waals surface area contributed by atoms with Gasteiger partial charge in [0.05, 0.1) is 13.2 Å². The quantitative estimate of drug-likeness (QED) is 0.208. The van der Waals surface area contributed by atoms with Gasteiger partial charge in [-0.1, -0.05) is 94.8 Å². The summed E-state index contributed by atoms with van der Waals surface area (Å²) in [5.74, 6) is 0.239. The van der Waals surface area contributed by atoms with E-state index in [2.05, 4.69) is 39.1 Å². The first-order chi connectivity index (χ1) is 15.8. The number of carboxylic acids is 1. The minimum absolute atomic E-state index is 0.316. The highest BCUT2D eigenvalue weighted by Crippen LogP contribution is 2.29. The largest absolute Gasteiger partial charge is 0.493 e. The third kappa shape index (κ3) is 12.3. The van der Waals surface area contributed by atoms with Crippen LogP contribution in [0.15, 0.2) is 79.4 Å². The molecule has 0 spiro atoms. The predicted octanol–water partition coefficient (Wildman–Crippen LogP) is 6.70. The number of carbonyl (C=O) groups is 2. The number of carbonyl (C=O) groups excluding carboxylic acids is 1. The molecule has 0 aliphatic heterocycles. The molecule has 0 saturated carbocycles. The van der Waals surface area contributed by atoms with Crippen LogP contribution in [0.2, 0.25) is 0 Å². The van der Waals surface area contributed by atoms with Crippen LogP contribution in [0.3, 0.4) is 0 Å². The molecule has 2 aromatic carbocycles. The van der Waals surface area contributed by atoms with E-state index in [0.29, 0.717) is 25.2 Å². The second-order valence-corrected chi connectivity index (χ2v) is 7.99. The molecule has 1 N–H and O–H groups in total. The summed E-state index contributed by atoms with van der Waals surface area (Å²) >= 11 is 0. The van der Waals surface area contributed by atoms with Crippen molar-refractivity contribution in [3.8, 4) is 16.9 Å². The maximum absolute atomic E-state index is 12.0. The number of carboxylic acid groups (broad SMARTS) is 1. The number of unbranched alkanes of at least 4 members (excludes halogenated alkanes) is 2. The Balaban J connectivity index is 0.000000981. The number of esters is 1. The van der Waals surface area contributed by atoms with Gasteiger partial charge in [-0.25, -0.2) is 9.59 Å². The summed E-state index contributed by atoms with van der Waals surface area (Å²) in [5, 5.41) is 7.60. The lowest BCUT2D eigenvalue weighted by atomic mass is 10.1. The summed E-state index contributed by atoms with van der Waals surface area (Å²) in [6.07, 6.45) is 5.70. The van der Waals surface area contributed by atoms with Crippen LogP contribution in [0.1, 0.15) is 46.0 Å². The zero-order chi connectivity index (χ0) is 24.5. The van der Waals surface area contributed by atoms with E-state index in [1.165, 1.54) is 12.8 Å². The number of benzene rings is 2. The smallest absolute Gasteiger partial charge is 0.333 e. The molecule has 178 valence electrons. The molecule has 0 amide bonds. The maximum Gasteiger partial charge on any atom is 0.333 e. The van der Waals surface area contributed by atoms with Gasteiger partial charge in [0.2, 0.25) is 0 Å². The van der Waals surface area contributed by atoms with E-state index in [-0.39, 0.29) is 5.97 Å². The molecule has 0 fully saturated rings. The van der Waals surface area contributed by atoms with Gasteiger partial charge in [0.25, 0.3) is 0 Å². The molecule has 0 heterocycles. The lowest BCUT2D eigenvalue weighted by molar-refractivity contribution is -0.139. The molecule has 0 atom stereocenters. The van der Waals surface area contributed by atoms with Crippen molar-refractivity contribution in [3.05, 3.63) is 79.4 Å². The average Bonchev–Trinajstić information content (AvgIpc) is 2.82. The lowest BCUT2D eigenvalue weighted by Crippen LogP contribution is -2.11. The van der Waals surface area contributed by atoms with Crippen LogP contribution >= 0.6 is 0 Å². The molecule has 33 heavy (non-hydrogen) atoms. The fourth-order valence-corrected chi connectivity index (χ4v) is 2.93. The normalized spacial score (nSPS) is 10.0. The second kappa shape index (κ2) is 16.3. The Labute approximate surface area is 197 Å². The molecule has 2 rings (SSSR count). The van der Waals surface area contributed by atoms with Crippen molar-refractivity contribution in [2.24, 2.45) is 5.92 Å². The molecule has 0 unspecified atom stereocenters. The van der Waals surface area contributed by atoms with Crippen molar-refractivity contribution in [2.45, 2.75) is 46.0 Å². The van der Waals surface area contributed by atoms with Gasteiger partial charge < -0.3 is 14.6 Å². The van der Waals surface area contributed by atoms with Crippen LogP contribution in [0.4, 0.5) is 0 Å². The Hall–Kier alpha value is -3.34. The van der Waals surface area contributed by atoms with Gasteiger partial charge in [-0.3, -0.25) is 0 Å². The summed E-state index contributed by atoms with van der Waals surface area (Å²) in [5.41, 5.74) is 2.60. The Morgan fingerprint density at radius 2 is 1.61 bits per heavy atom. The van der Waals surface area contributed by atoms with Crippen molar-refractivity contribution >= 4 is 11.9 Å². The second-order valence-electron chi connectivity index (χ2n) is 7.99. The number of ether oxygens (including phenoxy) is 2. The van der Waals surface area contributed by atoms with Crippen molar-refractivity contribution in [1.29, 1.82) is 0 Å². The number of para-hydroxylation sites is 1. The maximum atomic E-state index is 12.0. The van der Waals surface area contributed by atoms with Gasteiger partial charge in [0.15, 0.2) is 0 Å². The highest BCUT2D eigenvalue weighted by atomic mass is 16.5. The van der Waals surface area contributed by atoms with E-state index in [1.807, 2.05) is 42.5 Å². The standard InChI is InChI=1S/C25H32O3.C3H4O2/c1-20(2)12-6-5-11-18-28-25(26)21(3)17-19-27-24-16-10-9-15-23(24)22-13-7-4-8-14-22;1-2-3(4)5/h4,7-10,13-16,20H,3,5-6,11-12,17-19H2,1-2H3;2H,1H2,(H,4,5). The Morgan fingerprint density at radius 3 is 2.24 bits per heavy atom. The highest BCUT2D eigenvalue weighted by molar-refractivity contribution is 5.87. The SMILES string of the molecule is C=C(CCOc1ccccc1-c1ccccc1)C(=O)OCCCCCC(C)C.C=CC(=O)O. The molecule has 0 radical (unpaired) electrons. The van der Waals surface area contributed by atoms with Crippen LogP contribution in [0, 0.1) is 5.92 Å². The highest BCUT2D eigenvalue weighted by Gasteiger charge is 2.10. The van der Waals surface area contributed by atoms with E-state index in [1.54, 1.807) is 0 Å². The van der Waals surface area contributed by atoms with E-state index in [9.17, 15) is 9.59 Å². The summed E-state index contributed by atoms with van der Waals surface area (Å²) in [6, 6.07) is 18.0. The van der Waals surface area contributed by atoms with Crippen LogP contribution < -0.4 is 4.74 Å². The monoisotopic (exact) mass is 452 g/mol. The van der Waals surface area contributed by atoms with Crippen LogP contribution in [0.25, 0.3) is 11.1 Å². The molecule has 0 aliphatic rings.